The summed E-state index contributed by atoms with van der Waals surface area (Å²) < 4.78 is 64.5. The van der Waals surface area contributed by atoms with E-state index < -0.39 is 15.6 Å². The molecule has 0 bridgehead atoms. The summed E-state index contributed by atoms with van der Waals surface area (Å²) in [6, 6.07) is 11.1. The Morgan fingerprint density at radius 1 is 1.12 bits per heavy atom. The SMILES string of the molecule is Cc1cc2[te]c(C)[n+](C)c2c2ccccc12.O=S(=O)([O-])C(F)(F)F. The molecule has 0 aliphatic rings. The predicted molar refractivity (Wildman–Crippen MR) is 84.8 cm³/mol. The molecule has 0 saturated heterocycles. The first-order valence-electron chi connectivity index (χ1n) is 6.73. The molecule has 130 valence electrons. The Balaban J connectivity index is 0.000000224. The number of fused-ring (bicyclic) bond motifs is 3. The molecule has 0 unspecified atom stereocenters. The van der Waals surface area contributed by atoms with Gasteiger partial charge in [0, 0.05) is 0 Å². The van der Waals surface area contributed by atoms with Gasteiger partial charge in [-0.05, 0) is 0 Å². The molecule has 0 aliphatic heterocycles. The zero-order chi connectivity index (χ0) is 18.3. The molecule has 0 spiro atoms. The van der Waals surface area contributed by atoms with Crippen LogP contribution in [-0.2, 0) is 17.2 Å². The normalized spacial score (nSPS) is 12.3. The van der Waals surface area contributed by atoms with E-state index in [2.05, 4.69) is 55.8 Å². The van der Waals surface area contributed by atoms with E-state index in [1.807, 2.05) is 0 Å². The Bertz CT molecular complexity index is 1010. The van der Waals surface area contributed by atoms with E-state index in [4.69, 9.17) is 13.0 Å². The van der Waals surface area contributed by atoms with Crippen LogP contribution in [0.15, 0.2) is 30.3 Å². The van der Waals surface area contributed by atoms with Gasteiger partial charge in [-0.2, -0.15) is 13.2 Å². The van der Waals surface area contributed by atoms with Crippen molar-refractivity contribution in [2.45, 2.75) is 19.4 Å². The van der Waals surface area contributed by atoms with E-state index in [1.165, 1.54) is 21.9 Å². The maximum Gasteiger partial charge on any atom is 0.485 e. The Labute approximate surface area is 146 Å². The van der Waals surface area contributed by atoms with Gasteiger partial charge >= 0.3 is 111 Å². The average Bonchev–Trinajstić information content (AvgIpc) is 2.73. The summed E-state index contributed by atoms with van der Waals surface area (Å²) in [5.41, 5.74) is -2.77. The van der Waals surface area contributed by atoms with Gasteiger partial charge in [0.2, 0.25) is 0 Å². The number of nitrogens with zero attached hydrogens (tertiary/aromatic N) is 1. The summed E-state index contributed by atoms with van der Waals surface area (Å²) >= 11 is -0.116. The molecule has 4 nitrogen and oxygen atoms in total. The van der Waals surface area contributed by atoms with Crippen LogP contribution in [0.25, 0.3) is 19.7 Å². The predicted octanol–water partition coefficient (Wildman–Crippen LogP) is 2.54. The molecule has 1 heterocycles. The van der Waals surface area contributed by atoms with E-state index in [9.17, 15) is 13.2 Å². The van der Waals surface area contributed by atoms with Gasteiger partial charge in [-0.15, -0.1) is 0 Å². The molecule has 0 fully saturated rings. The van der Waals surface area contributed by atoms with Gasteiger partial charge in [-0.25, -0.2) is 8.42 Å². The quantitative estimate of drug-likeness (QED) is 0.219. The van der Waals surface area contributed by atoms with Crippen molar-refractivity contribution in [2.24, 2.45) is 7.05 Å². The van der Waals surface area contributed by atoms with E-state index >= 15 is 0 Å². The first-order valence-corrected chi connectivity index (χ1v) is 10.5. The number of halogens is 3. The summed E-state index contributed by atoms with van der Waals surface area (Å²) in [5, 5.41) is 2.82. The van der Waals surface area contributed by atoms with Crippen LogP contribution < -0.4 is 4.57 Å². The standard InChI is InChI=1S/C14H14NTe.CHF3O3S/c1-9-8-13-14(15(3)10(2)16-13)12-7-5-4-6-11(9)12;2-1(3,4)8(5,6)7/h4-8H,1-3H3;(H,5,6,7)/q+1;/p-1. The molecule has 0 amide bonds. The van der Waals surface area contributed by atoms with Crippen LogP contribution >= 0.6 is 0 Å². The number of aryl methyl sites for hydroxylation is 3. The van der Waals surface area contributed by atoms with Gasteiger partial charge in [0.15, 0.2) is 10.1 Å². The van der Waals surface area contributed by atoms with Crippen LogP contribution in [0.1, 0.15) is 9.27 Å². The Hall–Kier alpha value is -1.14. The topological polar surface area (TPSA) is 61.1 Å². The minimum atomic E-state index is -6.09. The molecule has 0 radical (unpaired) electrons. The smallest absolute Gasteiger partial charge is 0.485 e. The summed E-state index contributed by atoms with van der Waals surface area (Å²) in [5.74, 6) is 0. The molecule has 0 atom stereocenters. The first-order chi connectivity index (χ1) is 10.9. The molecular weight excluding hydrogens is 459 g/mol. The summed E-state index contributed by atoms with van der Waals surface area (Å²) in [6.45, 7) is 4.50. The fourth-order valence-corrected chi connectivity index (χ4v) is 5.53. The third-order valence-electron chi connectivity index (χ3n) is 3.54. The molecule has 3 aromatic rings. The van der Waals surface area contributed by atoms with Crippen LogP contribution in [0.5, 0.6) is 0 Å². The molecular formula is C15H14F3NO3STe. The van der Waals surface area contributed by atoms with Gasteiger partial charge in [0.25, 0.3) is 0 Å². The molecule has 2 aromatic carbocycles. The second kappa shape index (κ2) is 6.64. The third kappa shape index (κ3) is 3.75. The first kappa shape index (κ1) is 19.2. The number of rotatable bonds is 0. The van der Waals surface area contributed by atoms with E-state index in [-0.39, 0.29) is 20.4 Å². The Morgan fingerprint density at radius 3 is 2.12 bits per heavy atom. The van der Waals surface area contributed by atoms with Gasteiger partial charge in [-0.3, -0.25) is 0 Å². The van der Waals surface area contributed by atoms with Crippen molar-refractivity contribution >= 4 is 50.2 Å². The van der Waals surface area contributed by atoms with Gasteiger partial charge in [0.1, 0.15) is 0 Å². The van der Waals surface area contributed by atoms with E-state index in [0.29, 0.717) is 0 Å². The zero-order valence-corrected chi connectivity index (χ0v) is 16.2. The minimum absolute atomic E-state index is 0.116. The molecule has 0 aliphatic carbocycles. The van der Waals surface area contributed by atoms with E-state index in [1.54, 1.807) is 7.11 Å². The van der Waals surface area contributed by atoms with Crippen LogP contribution in [0.4, 0.5) is 13.2 Å². The van der Waals surface area contributed by atoms with Crippen molar-refractivity contribution in [3.63, 3.8) is 0 Å². The molecule has 24 heavy (non-hydrogen) atoms. The number of hydrogen-bond donors (Lipinski definition) is 0. The van der Waals surface area contributed by atoms with Crippen molar-refractivity contribution in [3.8, 4) is 0 Å². The second-order valence-corrected chi connectivity index (χ2v) is 10.1. The second-order valence-electron chi connectivity index (χ2n) is 5.17. The molecule has 1 aromatic heterocycles. The number of alkyl halides is 3. The van der Waals surface area contributed by atoms with Crippen molar-refractivity contribution in [1.82, 2.24) is 0 Å². The van der Waals surface area contributed by atoms with Crippen molar-refractivity contribution in [3.05, 3.63) is 39.6 Å². The molecule has 3 rings (SSSR count). The fourth-order valence-electron chi connectivity index (χ4n) is 2.32. The zero-order valence-electron chi connectivity index (χ0n) is 13.0. The van der Waals surface area contributed by atoms with Crippen LogP contribution in [0, 0.1) is 13.8 Å². The summed E-state index contributed by atoms with van der Waals surface area (Å²) in [7, 11) is -3.89. The third-order valence-corrected chi connectivity index (χ3v) is 7.24. The molecule has 9 heteroatoms. The van der Waals surface area contributed by atoms with Crippen LogP contribution in [0.3, 0.4) is 0 Å². The maximum atomic E-state index is 10.7. The monoisotopic (exact) mass is 475 g/mol. The molecule has 0 saturated carbocycles. The largest absolute Gasteiger partial charge is 0.741 e. The Kier molecular flexibility index (Phi) is 5.31. The van der Waals surface area contributed by atoms with Crippen molar-refractivity contribution in [2.75, 3.05) is 0 Å². The number of aromatic nitrogens is 1. The summed E-state index contributed by atoms with van der Waals surface area (Å²) in [6.07, 6.45) is 0. The van der Waals surface area contributed by atoms with Crippen LogP contribution in [0.2, 0.25) is 0 Å². The number of hydrogen-bond acceptors (Lipinski definition) is 3. The van der Waals surface area contributed by atoms with Gasteiger partial charge < -0.3 is 4.55 Å². The minimum Gasteiger partial charge on any atom is -0.741 e. The average molecular weight is 473 g/mol. The Morgan fingerprint density at radius 2 is 1.62 bits per heavy atom. The fraction of sp³-hybridized carbons (Fsp3) is 0.267. The van der Waals surface area contributed by atoms with Crippen molar-refractivity contribution in [1.29, 1.82) is 0 Å². The number of benzene rings is 2. The van der Waals surface area contributed by atoms with E-state index in [0.717, 1.165) is 0 Å². The maximum absolute atomic E-state index is 10.7. The molecule has 0 N–H and O–H groups in total. The summed E-state index contributed by atoms with van der Waals surface area (Å²) in [4.78, 5) is 0. The van der Waals surface area contributed by atoms with Crippen molar-refractivity contribution < 1.29 is 30.7 Å². The van der Waals surface area contributed by atoms with Gasteiger partial charge in [-0.1, -0.05) is 0 Å². The van der Waals surface area contributed by atoms with Gasteiger partial charge in [0.05, 0.1) is 0 Å². The van der Waals surface area contributed by atoms with Crippen LogP contribution in [-0.4, -0.2) is 38.9 Å².